The molecule has 0 amide bonds. The van der Waals surface area contributed by atoms with Crippen LogP contribution in [0, 0.1) is 5.92 Å². The highest BCUT2D eigenvalue weighted by Gasteiger charge is 2.20. The standard InChI is InChI=1S/C14H25N3S/c1-4-17(5-2)14-16-10-13(18-14)9-15-12-7-6-11(3)8-12/h10-12,15H,4-9H2,1-3H3. The lowest BCUT2D eigenvalue weighted by Gasteiger charge is -2.16. The highest BCUT2D eigenvalue weighted by atomic mass is 32.1. The highest BCUT2D eigenvalue weighted by Crippen LogP contribution is 2.26. The van der Waals surface area contributed by atoms with Crippen LogP contribution in [0.25, 0.3) is 0 Å². The van der Waals surface area contributed by atoms with Gasteiger partial charge >= 0.3 is 0 Å². The molecule has 2 unspecified atom stereocenters. The molecule has 0 aromatic carbocycles. The molecule has 1 saturated carbocycles. The summed E-state index contributed by atoms with van der Waals surface area (Å²) in [7, 11) is 0. The SMILES string of the molecule is CCN(CC)c1ncc(CNC2CCC(C)C2)s1. The van der Waals surface area contributed by atoms with E-state index in [9.17, 15) is 0 Å². The number of aromatic nitrogens is 1. The van der Waals surface area contributed by atoms with Crippen molar-refractivity contribution in [3.05, 3.63) is 11.1 Å². The molecular formula is C14H25N3S. The molecular weight excluding hydrogens is 242 g/mol. The zero-order valence-corrected chi connectivity index (χ0v) is 12.6. The molecule has 1 aromatic heterocycles. The minimum Gasteiger partial charge on any atom is -0.349 e. The molecule has 0 aliphatic heterocycles. The van der Waals surface area contributed by atoms with E-state index in [0.29, 0.717) is 0 Å². The number of nitrogens with one attached hydrogen (secondary N) is 1. The average Bonchev–Trinajstić information content (AvgIpc) is 2.98. The van der Waals surface area contributed by atoms with Crippen molar-refractivity contribution < 1.29 is 0 Å². The van der Waals surface area contributed by atoms with Crippen molar-refractivity contribution in [3.63, 3.8) is 0 Å². The molecule has 0 radical (unpaired) electrons. The van der Waals surface area contributed by atoms with E-state index in [2.05, 4.69) is 36.0 Å². The van der Waals surface area contributed by atoms with Gasteiger partial charge < -0.3 is 10.2 Å². The maximum absolute atomic E-state index is 4.52. The molecule has 3 nitrogen and oxygen atoms in total. The van der Waals surface area contributed by atoms with E-state index < -0.39 is 0 Å². The van der Waals surface area contributed by atoms with Gasteiger partial charge in [-0.05, 0) is 39.0 Å². The van der Waals surface area contributed by atoms with Crippen LogP contribution in [0.15, 0.2) is 6.20 Å². The number of thiazole rings is 1. The van der Waals surface area contributed by atoms with E-state index in [1.165, 1.54) is 24.1 Å². The third-order valence-corrected chi connectivity index (χ3v) is 4.89. The second-order valence-electron chi connectivity index (χ2n) is 5.28. The van der Waals surface area contributed by atoms with Gasteiger partial charge in [0.2, 0.25) is 0 Å². The molecule has 0 saturated heterocycles. The summed E-state index contributed by atoms with van der Waals surface area (Å²) < 4.78 is 0. The van der Waals surface area contributed by atoms with Crippen molar-refractivity contribution in [1.82, 2.24) is 10.3 Å². The van der Waals surface area contributed by atoms with Crippen molar-refractivity contribution in [2.45, 2.75) is 52.6 Å². The summed E-state index contributed by atoms with van der Waals surface area (Å²) in [5, 5.41) is 4.83. The zero-order chi connectivity index (χ0) is 13.0. The molecule has 0 spiro atoms. The minimum absolute atomic E-state index is 0.721. The van der Waals surface area contributed by atoms with Gasteiger partial charge in [0.05, 0.1) is 0 Å². The van der Waals surface area contributed by atoms with Crippen LogP contribution >= 0.6 is 11.3 Å². The summed E-state index contributed by atoms with van der Waals surface area (Å²) in [6.45, 7) is 9.78. The van der Waals surface area contributed by atoms with Crippen LogP contribution in [0.1, 0.15) is 44.9 Å². The first-order valence-corrected chi connectivity index (χ1v) is 7.97. The van der Waals surface area contributed by atoms with Crippen LogP contribution in [-0.4, -0.2) is 24.1 Å². The smallest absolute Gasteiger partial charge is 0.185 e. The molecule has 1 fully saturated rings. The van der Waals surface area contributed by atoms with E-state index in [1.54, 1.807) is 0 Å². The molecule has 1 aromatic rings. The van der Waals surface area contributed by atoms with Crippen LogP contribution in [0.5, 0.6) is 0 Å². The van der Waals surface area contributed by atoms with Crippen LogP contribution in [0.3, 0.4) is 0 Å². The first-order chi connectivity index (χ1) is 8.72. The maximum atomic E-state index is 4.52. The summed E-state index contributed by atoms with van der Waals surface area (Å²) in [5.41, 5.74) is 0. The summed E-state index contributed by atoms with van der Waals surface area (Å²) in [6, 6.07) is 0.721. The molecule has 2 rings (SSSR count). The Morgan fingerprint density at radius 1 is 1.39 bits per heavy atom. The van der Waals surface area contributed by atoms with Crippen molar-refractivity contribution >= 4 is 16.5 Å². The van der Waals surface area contributed by atoms with E-state index in [0.717, 1.165) is 36.7 Å². The third-order valence-electron chi connectivity index (χ3n) is 3.84. The van der Waals surface area contributed by atoms with Crippen molar-refractivity contribution in [2.24, 2.45) is 5.92 Å². The van der Waals surface area contributed by atoms with Crippen LogP contribution < -0.4 is 10.2 Å². The molecule has 1 N–H and O–H groups in total. The lowest BCUT2D eigenvalue weighted by molar-refractivity contribution is 0.504. The third kappa shape index (κ3) is 3.45. The molecule has 102 valence electrons. The Bertz CT molecular complexity index is 360. The first-order valence-electron chi connectivity index (χ1n) is 7.16. The van der Waals surface area contributed by atoms with E-state index in [-0.39, 0.29) is 0 Å². The molecule has 4 heteroatoms. The monoisotopic (exact) mass is 267 g/mol. The molecule has 18 heavy (non-hydrogen) atoms. The van der Waals surface area contributed by atoms with Gasteiger partial charge in [0, 0.05) is 36.8 Å². The number of hydrogen-bond acceptors (Lipinski definition) is 4. The maximum Gasteiger partial charge on any atom is 0.185 e. The Morgan fingerprint density at radius 3 is 2.78 bits per heavy atom. The van der Waals surface area contributed by atoms with Crippen LogP contribution in [-0.2, 0) is 6.54 Å². The average molecular weight is 267 g/mol. The Morgan fingerprint density at radius 2 is 2.17 bits per heavy atom. The first kappa shape index (κ1) is 13.8. The Labute approximate surface area is 115 Å². The number of hydrogen-bond donors (Lipinski definition) is 1. The molecule has 1 aliphatic rings. The lowest BCUT2D eigenvalue weighted by Crippen LogP contribution is -2.25. The summed E-state index contributed by atoms with van der Waals surface area (Å²) in [4.78, 5) is 8.19. The number of rotatable bonds is 6. The second-order valence-corrected chi connectivity index (χ2v) is 6.37. The second kappa shape index (κ2) is 6.53. The topological polar surface area (TPSA) is 28.2 Å². The van der Waals surface area contributed by atoms with E-state index in [1.807, 2.05) is 17.5 Å². The molecule has 1 aliphatic carbocycles. The zero-order valence-electron chi connectivity index (χ0n) is 11.8. The largest absolute Gasteiger partial charge is 0.349 e. The van der Waals surface area contributed by atoms with E-state index >= 15 is 0 Å². The fourth-order valence-electron chi connectivity index (χ4n) is 2.66. The normalized spacial score (nSPS) is 23.5. The molecule has 1 heterocycles. The van der Waals surface area contributed by atoms with Crippen molar-refractivity contribution in [2.75, 3.05) is 18.0 Å². The van der Waals surface area contributed by atoms with Gasteiger partial charge in [0.25, 0.3) is 0 Å². The van der Waals surface area contributed by atoms with Crippen molar-refractivity contribution in [3.8, 4) is 0 Å². The number of nitrogens with zero attached hydrogens (tertiary/aromatic N) is 2. The highest BCUT2D eigenvalue weighted by molar-refractivity contribution is 7.15. The predicted molar refractivity (Wildman–Crippen MR) is 79.3 cm³/mol. The summed E-state index contributed by atoms with van der Waals surface area (Å²) in [5.74, 6) is 0.898. The Kier molecular flexibility index (Phi) is 5.01. The van der Waals surface area contributed by atoms with Gasteiger partial charge in [-0.25, -0.2) is 4.98 Å². The van der Waals surface area contributed by atoms with Gasteiger partial charge in [-0.1, -0.05) is 6.92 Å². The number of anilines is 1. The fraction of sp³-hybridized carbons (Fsp3) is 0.786. The Balaban J connectivity index is 1.83. The summed E-state index contributed by atoms with van der Waals surface area (Å²) in [6.07, 6.45) is 6.08. The molecule has 0 bridgehead atoms. The predicted octanol–water partition coefficient (Wildman–Crippen LogP) is 3.27. The summed E-state index contributed by atoms with van der Waals surface area (Å²) >= 11 is 1.83. The Hall–Kier alpha value is -0.610. The van der Waals surface area contributed by atoms with E-state index in [4.69, 9.17) is 0 Å². The lowest BCUT2D eigenvalue weighted by atomic mass is 10.1. The van der Waals surface area contributed by atoms with Crippen molar-refractivity contribution in [1.29, 1.82) is 0 Å². The minimum atomic E-state index is 0.721. The van der Waals surface area contributed by atoms with Crippen LogP contribution in [0.4, 0.5) is 5.13 Å². The fourth-order valence-corrected chi connectivity index (χ4v) is 3.64. The molecule has 2 atom stereocenters. The van der Waals surface area contributed by atoms with Gasteiger partial charge in [-0.2, -0.15) is 0 Å². The van der Waals surface area contributed by atoms with Gasteiger partial charge in [0.1, 0.15) is 0 Å². The van der Waals surface area contributed by atoms with Gasteiger partial charge in [0.15, 0.2) is 5.13 Å². The quantitative estimate of drug-likeness (QED) is 0.857. The van der Waals surface area contributed by atoms with Crippen LogP contribution in [0.2, 0.25) is 0 Å². The van der Waals surface area contributed by atoms with Gasteiger partial charge in [-0.15, -0.1) is 11.3 Å². The van der Waals surface area contributed by atoms with Gasteiger partial charge in [-0.3, -0.25) is 0 Å².